The number of anilines is 2. The fourth-order valence-electron chi connectivity index (χ4n) is 2.50. The van der Waals surface area contributed by atoms with E-state index in [1.54, 1.807) is 19.9 Å². The molecule has 3 N–H and O–H groups in total. The molecule has 30 heavy (non-hydrogen) atoms. The Bertz CT molecular complexity index is 1110. The Morgan fingerprint density at radius 1 is 1.00 bits per heavy atom. The minimum absolute atomic E-state index is 0.0391. The van der Waals surface area contributed by atoms with Gasteiger partial charge >= 0.3 is 6.18 Å². The highest BCUT2D eigenvalue weighted by Crippen LogP contribution is 2.30. The number of hydrogen-bond acceptors (Lipinski definition) is 6. The summed E-state index contributed by atoms with van der Waals surface area (Å²) in [5.74, 6) is -1.21. The molecule has 1 aromatic carbocycles. The summed E-state index contributed by atoms with van der Waals surface area (Å²) in [6.45, 7) is 3.44. The molecule has 0 bridgehead atoms. The second-order valence-electron chi connectivity index (χ2n) is 6.27. The maximum absolute atomic E-state index is 12.6. The number of nitrogens with one attached hydrogen (secondary N) is 2. The lowest BCUT2D eigenvalue weighted by Crippen LogP contribution is -2.14. The zero-order valence-electron chi connectivity index (χ0n) is 15.7. The highest BCUT2D eigenvalue weighted by Gasteiger charge is 2.31. The predicted molar refractivity (Wildman–Crippen MR) is 105 cm³/mol. The Kier molecular flexibility index (Phi) is 5.74. The van der Waals surface area contributed by atoms with Gasteiger partial charge in [-0.25, -0.2) is 4.98 Å². The molecule has 2 amide bonds. The number of alkyl halides is 3. The Morgan fingerprint density at radius 2 is 1.73 bits per heavy atom. The first-order chi connectivity index (χ1) is 14.1. The summed E-state index contributed by atoms with van der Waals surface area (Å²) in [6, 6.07) is 4.89. The fraction of sp³-hybridized carbons (Fsp3) is 0.158. The van der Waals surface area contributed by atoms with Crippen LogP contribution in [0.15, 0.2) is 36.7 Å². The number of benzene rings is 1. The largest absolute Gasteiger partial charge is 0.508 e. The van der Waals surface area contributed by atoms with Crippen LogP contribution in [-0.4, -0.2) is 26.9 Å². The van der Waals surface area contributed by atoms with Crippen molar-refractivity contribution in [1.82, 2.24) is 9.97 Å². The molecule has 3 aromatic rings. The van der Waals surface area contributed by atoms with Crippen molar-refractivity contribution in [3.05, 3.63) is 63.9 Å². The van der Waals surface area contributed by atoms with Crippen LogP contribution in [-0.2, 0) is 6.18 Å². The van der Waals surface area contributed by atoms with Crippen LogP contribution in [0, 0.1) is 13.8 Å². The van der Waals surface area contributed by atoms with E-state index in [4.69, 9.17) is 0 Å². The SMILES string of the molecule is Cc1ccc(O)c(C)c1NC(=O)c1cnc(NC(=O)c2ccc(C(F)(F)F)cn2)s1. The Labute approximate surface area is 172 Å². The van der Waals surface area contributed by atoms with Crippen molar-refractivity contribution in [3.63, 3.8) is 0 Å². The van der Waals surface area contributed by atoms with E-state index in [0.29, 0.717) is 17.4 Å². The first-order valence-electron chi connectivity index (χ1n) is 8.47. The molecule has 0 aliphatic carbocycles. The molecule has 156 valence electrons. The molecule has 0 saturated heterocycles. The molecular weight excluding hydrogens is 421 g/mol. The number of phenolic OH excluding ortho intramolecular Hbond substituents is 1. The number of aromatic hydroxyl groups is 1. The molecule has 0 unspecified atom stereocenters. The lowest BCUT2D eigenvalue weighted by molar-refractivity contribution is -0.137. The lowest BCUT2D eigenvalue weighted by atomic mass is 10.1. The van der Waals surface area contributed by atoms with Gasteiger partial charge in [-0.1, -0.05) is 17.4 Å². The number of aromatic nitrogens is 2. The van der Waals surface area contributed by atoms with Crippen molar-refractivity contribution in [2.24, 2.45) is 0 Å². The summed E-state index contributed by atoms with van der Waals surface area (Å²) < 4.78 is 37.7. The average Bonchev–Trinajstić information content (AvgIpc) is 3.16. The molecule has 0 atom stereocenters. The van der Waals surface area contributed by atoms with Gasteiger partial charge in [0.05, 0.1) is 17.4 Å². The lowest BCUT2D eigenvalue weighted by Gasteiger charge is -2.11. The number of phenols is 1. The summed E-state index contributed by atoms with van der Waals surface area (Å²) in [7, 11) is 0. The van der Waals surface area contributed by atoms with E-state index in [2.05, 4.69) is 20.6 Å². The molecule has 7 nitrogen and oxygen atoms in total. The molecule has 3 rings (SSSR count). The number of amides is 2. The number of thiazole rings is 1. The smallest absolute Gasteiger partial charge is 0.417 e. The third-order valence-corrected chi connectivity index (χ3v) is 5.07. The van der Waals surface area contributed by atoms with Crippen LogP contribution in [0.3, 0.4) is 0 Å². The number of carbonyl (C=O) groups excluding carboxylic acids is 2. The first-order valence-corrected chi connectivity index (χ1v) is 9.29. The summed E-state index contributed by atoms with van der Waals surface area (Å²) in [6.07, 6.45) is -2.73. The Morgan fingerprint density at radius 3 is 2.37 bits per heavy atom. The minimum Gasteiger partial charge on any atom is -0.508 e. The van der Waals surface area contributed by atoms with Gasteiger partial charge in [0.2, 0.25) is 0 Å². The predicted octanol–water partition coefficient (Wildman–Crippen LogP) is 4.38. The zero-order valence-corrected chi connectivity index (χ0v) is 16.5. The number of aryl methyl sites for hydroxylation is 1. The fourth-order valence-corrected chi connectivity index (χ4v) is 3.20. The van der Waals surface area contributed by atoms with Gasteiger partial charge in [-0.05, 0) is 37.6 Å². The molecule has 0 aliphatic rings. The van der Waals surface area contributed by atoms with Crippen molar-refractivity contribution < 1.29 is 27.9 Å². The van der Waals surface area contributed by atoms with E-state index < -0.39 is 23.6 Å². The summed E-state index contributed by atoms with van der Waals surface area (Å²) in [4.78, 5) is 32.3. The molecule has 0 spiro atoms. The third-order valence-electron chi connectivity index (χ3n) is 4.16. The van der Waals surface area contributed by atoms with Crippen molar-refractivity contribution in [1.29, 1.82) is 0 Å². The highest BCUT2D eigenvalue weighted by atomic mass is 32.1. The monoisotopic (exact) mass is 436 g/mol. The van der Waals surface area contributed by atoms with Crippen molar-refractivity contribution in [2.75, 3.05) is 10.6 Å². The van der Waals surface area contributed by atoms with Gasteiger partial charge in [-0.3, -0.25) is 19.9 Å². The van der Waals surface area contributed by atoms with E-state index in [0.717, 1.165) is 29.0 Å². The molecule has 0 aliphatic heterocycles. The maximum Gasteiger partial charge on any atom is 0.417 e. The standard InChI is InChI=1S/C19H15F3N4O3S/c1-9-3-6-13(27)10(2)15(9)25-17(29)14-8-24-18(30-14)26-16(28)12-5-4-11(7-23-12)19(20,21)22/h3-8,27H,1-2H3,(H,25,29)(H,24,26,28). The molecule has 11 heteroatoms. The topological polar surface area (TPSA) is 104 Å². The van der Waals surface area contributed by atoms with Crippen molar-refractivity contribution in [2.45, 2.75) is 20.0 Å². The van der Waals surface area contributed by atoms with Gasteiger partial charge < -0.3 is 10.4 Å². The molecule has 2 aromatic heterocycles. The van der Waals surface area contributed by atoms with E-state index in [1.165, 1.54) is 12.3 Å². The average molecular weight is 436 g/mol. The molecular formula is C19H15F3N4O3S. The maximum atomic E-state index is 12.6. The Balaban J connectivity index is 1.70. The number of pyridine rings is 1. The third kappa shape index (κ3) is 4.57. The van der Waals surface area contributed by atoms with Crippen LogP contribution in [0.1, 0.15) is 36.9 Å². The van der Waals surface area contributed by atoms with Crippen molar-refractivity contribution >= 4 is 34.0 Å². The van der Waals surface area contributed by atoms with Gasteiger partial charge in [0, 0.05) is 11.8 Å². The van der Waals surface area contributed by atoms with Crippen molar-refractivity contribution in [3.8, 4) is 5.75 Å². The second-order valence-corrected chi connectivity index (χ2v) is 7.30. The zero-order chi connectivity index (χ0) is 22.1. The Hall–Kier alpha value is -3.47. The quantitative estimate of drug-likeness (QED) is 0.563. The van der Waals surface area contributed by atoms with E-state index in [-0.39, 0.29) is 21.5 Å². The van der Waals surface area contributed by atoms with Crippen LogP contribution in [0.5, 0.6) is 5.75 Å². The van der Waals surface area contributed by atoms with E-state index in [9.17, 15) is 27.9 Å². The number of nitrogens with zero attached hydrogens (tertiary/aromatic N) is 2. The first kappa shape index (κ1) is 21.2. The highest BCUT2D eigenvalue weighted by molar-refractivity contribution is 7.17. The van der Waals surface area contributed by atoms with Crippen LogP contribution < -0.4 is 10.6 Å². The minimum atomic E-state index is -4.55. The van der Waals surface area contributed by atoms with E-state index >= 15 is 0 Å². The number of carbonyl (C=O) groups is 2. The normalized spacial score (nSPS) is 11.2. The number of halogens is 3. The van der Waals surface area contributed by atoms with Crippen LogP contribution in [0.2, 0.25) is 0 Å². The van der Waals surface area contributed by atoms with Gasteiger partial charge in [-0.2, -0.15) is 13.2 Å². The molecule has 0 saturated carbocycles. The molecule has 0 fully saturated rings. The van der Waals surface area contributed by atoms with Crippen LogP contribution >= 0.6 is 11.3 Å². The molecule has 0 radical (unpaired) electrons. The summed E-state index contributed by atoms with van der Waals surface area (Å²) in [5.41, 5.74) is 0.535. The van der Waals surface area contributed by atoms with Crippen LogP contribution in [0.4, 0.5) is 24.0 Å². The van der Waals surface area contributed by atoms with Gasteiger partial charge in [0.15, 0.2) is 5.13 Å². The summed E-state index contributed by atoms with van der Waals surface area (Å²) in [5, 5.41) is 15.0. The second kappa shape index (κ2) is 8.11. The van der Waals surface area contributed by atoms with Gasteiger partial charge in [0.25, 0.3) is 11.8 Å². The van der Waals surface area contributed by atoms with Gasteiger partial charge in [0.1, 0.15) is 16.3 Å². The molecule has 2 heterocycles. The van der Waals surface area contributed by atoms with E-state index in [1.807, 2.05) is 0 Å². The van der Waals surface area contributed by atoms with Gasteiger partial charge in [-0.15, -0.1) is 0 Å². The number of hydrogen-bond donors (Lipinski definition) is 3. The number of rotatable bonds is 4. The summed E-state index contributed by atoms with van der Waals surface area (Å²) >= 11 is 0.881. The van der Waals surface area contributed by atoms with Crippen LogP contribution in [0.25, 0.3) is 0 Å².